The van der Waals surface area contributed by atoms with Crippen molar-refractivity contribution in [1.29, 1.82) is 0 Å². The molecule has 0 fully saturated rings. The van der Waals surface area contributed by atoms with Crippen molar-refractivity contribution in [3.63, 3.8) is 0 Å². The van der Waals surface area contributed by atoms with Crippen molar-refractivity contribution in [2.45, 2.75) is 13.0 Å². The molecule has 5 nitrogen and oxygen atoms in total. The number of carbonyl (C=O) groups excluding carboxylic acids is 1. The van der Waals surface area contributed by atoms with Gasteiger partial charge in [-0.05, 0) is 18.2 Å². The van der Waals surface area contributed by atoms with Crippen LogP contribution in [0, 0.1) is 0 Å². The molecule has 6 heteroatoms. The molecule has 0 spiro atoms. The third-order valence-electron chi connectivity index (χ3n) is 2.12. The third kappa shape index (κ3) is 3.57. The fourth-order valence-corrected chi connectivity index (χ4v) is 1.49. The van der Waals surface area contributed by atoms with E-state index in [1.54, 1.807) is 29.2 Å². The lowest BCUT2D eigenvalue weighted by atomic mass is 10.4. The van der Waals surface area contributed by atoms with Gasteiger partial charge in [0.25, 0.3) is 0 Å². The number of aryl methyl sites for hydroxylation is 1. The van der Waals surface area contributed by atoms with E-state index < -0.39 is 0 Å². The van der Waals surface area contributed by atoms with Crippen molar-refractivity contribution in [2.75, 3.05) is 5.32 Å². The number of hydrogen-bond acceptors (Lipinski definition) is 3. The second kappa shape index (κ2) is 5.45. The molecule has 0 aromatic carbocycles. The SMILES string of the molecule is O=C(CCn1cccn1)Nc1cc(Cl)ccn1. The average molecular weight is 251 g/mol. The van der Waals surface area contributed by atoms with E-state index in [0.717, 1.165) is 0 Å². The van der Waals surface area contributed by atoms with Crippen LogP contribution in [0.5, 0.6) is 0 Å². The molecule has 2 aromatic heterocycles. The van der Waals surface area contributed by atoms with Crippen molar-refractivity contribution in [1.82, 2.24) is 14.8 Å². The Kier molecular flexibility index (Phi) is 3.72. The number of nitrogens with zero attached hydrogens (tertiary/aromatic N) is 3. The minimum Gasteiger partial charge on any atom is -0.311 e. The highest BCUT2D eigenvalue weighted by Gasteiger charge is 2.04. The Hall–Kier alpha value is -1.88. The smallest absolute Gasteiger partial charge is 0.227 e. The lowest BCUT2D eigenvalue weighted by Crippen LogP contribution is -2.15. The van der Waals surface area contributed by atoms with Gasteiger partial charge in [-0.25, -0.2) is 4.98 Å². The maximum absolute atomic E-state index is 11.6. The Labute approximate surface area is 103 Å². The molecule has 1 amide bonds. The van der Waals surface area contributed by atoms with Gasteiger partial charge in [0.1, 0.15) is 5.82 Å². The van der Waals surface area contributed by atoms with Gasteiger partial charge in [-0.3, -0.25) is 9.48 Å². The first-order valence-electron chi connectivity index (χ1n) is 5.13. The minimum atomic E-state index is -0.115. The Balaban J connectivity index is 1.85. The summed E-state index contributed by atoms with van der Waals surface area (Å²) in [5.41, 5.74) is 0. The summed E-state index contributed by atoms with van der Waals surface area (Å²) in [4.78, 5) is 15.6. The molecular weight excluding hydrogens is 240 g/mol. The standard InChI is InChI=1S/C11H11ClN4O/c12-9-2-5-13-10(8-9)15-11(17)3-7-16-6-1-4-14-16/h1-2,4-6,8H,3,7H2,(H,13,15,17). The zero-order valence-electron chi connectivity index (χ0n) is 9.01. The topological polar surface area (TPSA) is 59.8 Å². The molecule has 0 aliphatic heterocycles. The minimum absolute atomic E-state index is 0.115. The monoisotopic (exact) mass is 250 g/mol. The van der Waals surface area contributed by atoms with Gasteiger partial charge in [-0.2, -0.15) is 5.10 Å². The van der Waals surface area contributed by atoms with Crippen LogP contribution in [0.1, 0.15) is 6.42 Å². The van der Waals surface area contributed by atoms with Crippen LogP contribution in [0.15, 0.2) is 36.8 Å². The van der Waals surface area contributed by atoms with E-state index in [1.165, 1.54) is 0 Å². The van der Waals surface area contributed by atoms with Crippen LogP contribution < -0.4 is 5.32 Å². The van der Waals surface area contributed by atoms with E-state index in [9.17, 15) is 4.79 Å². The van der Waals surface area contributed by atoms with Crippen molar-refractivity contribution in [3.8, 4) is 0 Å². The second-order valence-electron chi connectivity index (χ2n) is 3.43. The fourth-order valence-electron chi connectivity index (χ4n) is 1.33. The first-order chi connectivity index (χ1) is 8.24. The molecule has 0 bridgehead atoms. The molecule has 1 N–H and O–H groups in total. The Morgan fingerprint density at radius 1 is 1.47 bits per heavy atom. The maximum Gasteiger partial charge on any atom is 0.227 e. The van der Waals surface area contributed by atoms with Gasteiger partial charge in [-0.1, -0.05) is 11.6 Å². The summed E-state index contributed by atoms with van der Waals surface area (Å²) in [6.07, 6.45) is 5.38. The molecule has 0 unspecified atom stereocenters. The number of aromatic nitrogens is 3. The van der Waals surface area contributed by atoms with Crippen LogP contribution >= 0.6 is 11.6 Å². The van der Waals surface area contributed by atoms with E-state index in [-0.39, 0.29) is 5.91 Å². The molecule has 0 atom stereocenters. The summed E-state index contributed by atoms with van der Waals surface area (Å²) in [5.74, 6) is 0.346. The summed E-state index contributed by atoms with van der Waals surface area (Å²) in [6.45, 7) is 0.541. The zero-order valence-corrected chi connectivity index (χ0v) is 9.76. The van der Waals surface area contributed by atoms with Crippen molar-refractivity contribution >= 4 is 23.3 Å². The lowest BCUT2D eigenvalue weighted by molar-refractivity contribution is -0.116. The Morgan fingerprint density at radius 2 is 2.35 bits per heavy atom. The normalized spacial score (nSPS) is 10.2. The summed E-state index contributed by atoms with van der Waals surface area (Å²) >= 11 is 5.78. The van der Waals surface area contributed by atoms with Crippen molar-refractivity contribution in [3.05, 3.63) is 41.8 Å². The number of rotatable bonds is 4. The van der Waals surface area contributed by atoms with Gasteiger partial charge in [0.15, 0.2) is 0 Å². The lowest BCUT2D eigenvalue weighted by Gasteiger charge is -2.04. The van der Waals surface area contributed by atoms with E-state index in [0.29, 0.717) is 23.8 Å². The quantitative estimate of drug-likeness (QED) is 0.902. The second-order valence-corrected chi connectivity index (χ2v) is 3.86. The number of nitrogens with one attached hydrogen (secondary N) is 1. The average Bonchev–Trinajstić information content (AvgIpc) is 2.79. The molecule has 0 radical (unpaired) electrons. The van der Waals surface area contributed by atoms with E-state index in [2.05, 4.69) is 15.4 Å². The van der Waals surface area contributed by atoms with Crippen LogP contribution in [-0.4, -0.2) is 20.7 Å². The maximum atomic E-state index is 11.6. The number of halogens is 1. The molecular formula is C11H11ClN4O. The highest BCUT2D eigenvalue weighted by Crippen LogP contribution is 2.11. The summed E-state index contributed by atoms with van der Waals surface area (Å²) < 4.78 is 1.70. The van der Waals surface area contributed by atoms with Crippen molar-refractivity contribution in [2.24, 2.45) is 0 Å². The summed E-state index contributed by atoms with van der Waals surface area (Å²) in [6, 6.07) is 5.07. The number of amides is 1. The van der Waals surface area contributed by atoms with E-state index in [4.69, 9.17) is 11.6 Å². The van der Waals surface area contributed by atoms with Gasteiger partial charge < -0.3 is 5.32 Å². The number of hydrogen-bond donors (Lipinski definition) is 1. The van der Waals surface area contributed by atoms with Crippen LogP contribution in [0.25, 0.3) is 0 Å². The first kappa shape index (κ1) is 11.6. The zero-order chi connectivity index (χ0) is 12.1. The molecule has 88 valence electrons. The molecule has 17 heavy (non-hydrogen) atoms. The van der Waals surface area contributed by atoms with Gasteiger partial charge in [0.05, 0.1) is 0 Å². The largest absolute Gasteiger partial charge is 0.311 e. The third-order valence-corrected chi connectivity index (χ3v) is 2.35. The summed E-state index contributed by atoms with van der Waals surface area (Å²) in [5, 5.41) is 7.22. The predicted octanol–water partition coefficient (Wildman–Crippen LogP) is 1.96. The van der Waals surface area contributed by atoms with Gasteiger partial charge in [0.2, 0.25) is 5.91 Å². The van der Waals surface area contributed by atoms with Crippen LogP contribution in [0.3, 0.4) is 0 Å². The number of pyridine rings is 1. The van der Waals surface area contributed by atoms with Gasteiger partial charge in [0, 0.05) is 36.6 Å². The Bertz CT molecular complexity index is 498. The van der Waals surface area contributed by atoms with Crippen molar-refractivity contribution < 1.29 is 4.79 Å². The van der Waals surface area contributed by atoms with Crippen LogP contribution in [-0.2, 0) is 11.3 Å². The fraction of sp³-hybridized carbons (Fsp3) is 0.182. The van der Waals surface area contributed by atoms with Crippen LogP contribution in [0.4, 0.5) is 5.82 Å². The molecule has 2 heterocycles. The molecule has 2 aromatic rings. The highest BCUT2D eigenvalue weighted by molar-refractivity contribution is 6.30. The number of carbonyl (C=O) groups is 1. The number of anilines is 1. The molecule has 0 aliphatic carbocycles. The molecule has 0 saturated heterocycles. The van der Waals surface area contributed by atoms with Gasteiger partial charge in [-0.15, -0.1) is 0 Å². The Morgan fingerprint density at radius 3 is 3.06 bits per heavy atom. The molecule has 0 saturated carbocycles. The highest BCUT2D eigenvalue weighted by atomic mass is 35.5. The van der Waals surface area contributed by atoms with Gasteiger partial charge >= 0.3 is 0 Å². The predicted molar refractivity (Wildman–Crippen MR) is 64.7 cm³/mol. The summed E-state index contributed by atoms with van der Waals surface area (Å²) in [7, 11) is 0. The first-order valence-corrected chi connectivity index (χ1v) is 5.51. The van der Waals surface area contributed by atoms with Crippen LogP contribution in [0.2, 0.25) is 5.02 Å². The van der Waals surface area contributed by atoms with E-state index >= 15 is 0 Å². The molecule has 2 rings (SSSR count). The van der Waals surface area contributed by atoms with E-state index in [1.807, 2.05) is 12.3 Å². The molecule has 0 aliphatic rings.